The van der Waals surface area contributed by atoms with E-state index in [-0.39, 0.29) is 5.78 Å². The maximum atomic E-state index is 12.4. The van der Waals surface area contributed by atoms with E-state index in [0.717, 1.165) is 11.1 Å². The molecule has 0 saturated carbocycles. The molecule has 0 unspecified atom stereocenters. The molecule has 0 amide bonds. The molecule has 2 rings (SSSR count). The van der Waals surface area contributed by atoms with E-state index >= 15 is 0 Å². The topological polar surface area (TPSA) is 52.3 Å². The molecule has 92 valence electrons. The molecule has 0 atom stereocenters. The van der Waals surface area contributed by atoms with E-state index in [1.807, 2.05) is 32.0 Å². The second kappa shape index (κ2) is 4.59. The predicted molar refractivity (Wildman–Crippen MR) is 67.2 cm³/mol. The Balaban J connectivity index is 2.26. The van der Waals surface area contributed by atoms with Gasteiger partial charge in [-0.1, -0.05) is 12.1 Å². The minimum absolute atomic E-state index is 0.0453. The first-order valence-corrected chi connectivity index (χ1v) is 6.02. The van der Waals surface area contributed by atoms with E-state index in [9.17, 15) is 4.79 Å². The molecule has 1 heterocycles. The van der Waals surface area contributed by atoms with Crippen LogP contribution in [-0.4, -0.2) is 24.5 Å². The molecule has 0 aliphatic carbocycles. The lowest BCUT2D eigenvalue weighted by Crippen LogP contribution is -2.51. The summed E-state index contributed by atoms with van der Waals surface area (Å²) in [6, 6.07) is 5.78. The van der Waals surface area contributed by atoms with Crippen molar-refractivity contribution in [2.75, 3.05) is 13.2 Å². The molecular formula is C14H19NO2. The van der Waals surface area contributed by atoms with Crippen molar-refractivity contribution < 1.29 is 9.53 Å². The van der Waals surface area contributed by atoms with Crippen LogP contribution in [0.2, 0.25) is 0 Å². The smallest absolute Gasteiger partial charge is 0.182 e. The van der Waals surface area contributed by atoms with Gasteiger partial charge in [-0.3, -0.25) is 4.79 Å². The van der Waals surface area contributed by atoms with E-state index < -0.39 is 5.54 Å². The molecule has 1 aliphatic rings. The van der Waals surface area contributed by atoms with Gasteiger partial charge in [-0.05, 0) is 43.9 Å². The highest BCUT2D eigenvalue weighted by Gasteiger charge is 2.36. The molecule has 2 N–H and O–H groups in total. The lowest BCUT2D eigenvalue weighted by atomic mass is 9.83. The normalized spacial score (nSPS) is 19.0. The molecule has 1 aromatic rings. The van der Waals surface area contributed by atoms with Crippen LogP contribution in [0.3, 0.4) is 0 Å². The maximum absolute atomic E-state index is 12.4. The molecule has 0 spiro atoms. The lowest BCUT2D eigenvalue weighted by molar-refractivity contribution is 0.0448. The second-order valence-corrected chi connectivity index (χ2v) is 4.90. The number of carbonyl (C=O) groups excluding carboxylic acids is 1. The zero-order chi connectivity index (χ0) is 12.5. The molecular weight excluding hydrogens is 214 g/mol. The Labute approximate surface area is 102 Å². The maximum Gasteiger partial charge on any atom is 0.182 e. The Morgan fingerprint density at radius 2 is 1.88 bits per heavy atom. The Bertz CT molecular complexity index is 434. The fraction of sp³-hybridized carbons (Fsp3) is 0.500. The Morgan fingerprint density at radius 3 is 2.47 bits per heavy atom. The third-order valence-electron chi connectivity index (χ3n) is 3.61. The third-order valence-corrected chi connectivity index (χ3v) is 3.61. The van der Waals surface area contributed by atoms with E-state index in [1.165, 1.54) is 5.56 Å². The number of hydrogen-bond donors (Lipinski definition) is 1. The van der Waals surface area contributed by atoms with Crippen molar-refractivity contribution in [1.29, 1.82) is 0 Å². The number of carbonyl (C=O) groups is 1. The summed E-state index contributed by atoms with van der Waals surface area (Å²) in [4.78, 5) is 12.4. The Morgan fingerprint density at radius 1 is 1.24 bits per heavy atom. The largest absolute Gasteiger partial charge is 0.381 e. The van der Waals surface area contributed by atoms with Gasteiger partial charge in [0.2, 0.25) is 0 Å². The van der Waals surface area contributed by atoms with Crippen molar-refractivity contribution >= 4 is 5.78 Å². The predicted octanol–water partition coefficient (Wildman–Crippen LogP) is 1.99. The number of ether oxygens (including phenoxy) is 1. The summed E-state index contributed by atoms with van der Waals surface area (Å²) in [6.07, 6.45) is 1.22. The quantitative estimate of drug-likeness (QED) is 0.795. The highest BCUT2D eigenvalue weighted by molar-refractivity contribution is 6.03. The molecule has 0 radical (unpaired) electrons. The molecule has 1 fully saturated rings. The van der Waals surface area contributed by atoms with Crippen LogP contribution in [0.4, 0.5) is 0 Å². The van der Waals surface area contributed by atoms with Gasteiger partial charge in [-0.15, -0.1) is 0 Å². The van der Waals surface area contributed by atoms with Gasteiger partial charge in [-0.25, -0.2) is 0 Å². The fourth-order valence-electron chi connectivity index (χ4n) is 2.13. The summed E-state index contributed by atoms with van der Waals surface area (Å²) in [6.45, 7) is 5.20. The standard InChI is InChI=1S/C14H19NO2/c1-10-3-4-12(9-11(10)2)13(16)14(15)5-7-17-8-6-14/h3-4,9H,5-8,15H2,1-2H3. The molecule has 1 saturated heterocycles. The average molecular weight is 233 g/mol. The van der Waals surface area contributed by atoms with E-state index in [4.69, 9.17) is 10.5 Å². The van der Waals surface area contributed by atoms with Gasteiger partial charge < -0.3 is 10.5 Å². The first-order valence-electron chi connectivity index (χ1n) is 6.02. The summed E-state index contributed by atoms with van der Waals surface area (Å²) in [7, 11) is 0. The van der Waals surface area contributed by atoms with Gasteiger partial charge in [0.05, 0.1) is 5.54 Å². The van der Waals surface area contributed by atoms with Gasteiger partial charge in [0.1, 0.15) is 0 Å². The number of nitrogens with two attached hydrogens (primary N) is 1. The molecule has 0 aromatic heterocycles. The Kier molecular flexibility index (Phi) is 3.31. The van der Waals surface area contributed by atoms with Gasteiger partial charge in [-0.2, -0.15) is 0 Å². The van der Waals surface area contributed by atoms with Crippen LogP contribution in [0, 0.1) is 13.8 Å². The number of rotatable bonds is 2. The minimum Gasteiger partial charge on any atom is -0.381 e. The van der Waals surface area contributed by atoms with Crippen molar-refractivity contribution in [2.45, 2.75) is 32.2 Å². The number of hydrogen-bond acceptors (Lipinski definition) is 3. The van der Waals surface area contributed by atoms with E-state index in [1.54, 1.807) is 0 Å². The van der Waals surface area contributed by atoms with Gasteiger partial charge in [0, 0.05) is 18.8 Å². The highest BCUT2D eigenvalue weighted by atomic mass is 16.5. The number of ketones is 1. The second-order valence-electron chi connectivity index (χ2n) is 4.90. The monoisotopic (exact) mass is 233 g/mol. The summed E-state index contributed by atoms with van der Waals surface area (Å²) in [5.74, 6) is 0.0453. The summed E-state index contributed by atoms with van der Waals surface area (Å²) < 4.78 is 5.26. The molecule has 0 bridgehead atoms. The zero-order valence-electron chi connectivity index (χ0n) is 10.5. The van der Waals surface area contributed by atoms with Gasteiger partial charge in [0.15, 0.2) is 5.78 Å². The van der Waals surface area contributed by atoms with Crippen LogP contribution in [0.1, 0.15) is 34.3 Å². The van der Waals surface area contributed by atoms with Gasteiger partial charge >= 0.3 is 0 Å². The van der Waals surface area contributed by atoms with Crippen molar-refractivity contribution in [3.8, 4) is 0 Å². The van der Waals surface area contributed by atoms with Crippen molar-refractivity contribution in [1.82, 2.24) is 0 Å². The fourth-order valence-corrected chi connectivity index (χ4v) is 2.13. The number of benzene rings is 1. The highest BCUT2D eigenvalue weighted by Crippen LogP contribution is 2.23. The van der Waals surface area contributed by atoms with Crippen LogP contribution in [0.25, 0.3) is 0 Å². The van der Waals surface area contributed by atoms with Crippen molar-refractivity contribution in [3.63, 3.8) is 0 Å². The first-order chi connectivity index (χ1) is 8.03. The Hall–Kier alpha value is -1.19. The molecule has 17 heavy (non-hydrogen) atoms. The minimum atomic E-state index is -0.736. The third kappa shape index (κ3) is 2.40. The SMILES string of the molecule is Cc1ccc(C(=O)C2(N)CCOCC2)cc1C. The summed E-state index contributed by atoms with van der Waals surface area (Å²) in [5.41, 5.74) is 8.50. The molecule has 3 heteroatoms. The number of Topliss-reactive ketones (excluding diaryl/α,β-unsaturated/α-hetero) is 1. The van der Waals surface area contributed by atoms with Crippen LogP contribution < -0.4 is 5.73 Å². The summed E-state index contributed by atoms with van der Waals surface area (Å²) in [5, 5.41) is 0. The van der Waals surface area contributed by atoms with Crippen LogP contribution in [-0.2, 0) is 4.74 Å². The first kappa shape index (κ1) is 12.3. The van der Waals surface area contributed by atoms with Crippen LogP contribution >= 0.6 is 0 Å². The van der Waals surface area contributed by atoms with Crippen LogP contribution in [0.5, 0.6) is 0 Å². The summed E-state index contributed by atoms with van der Waals surface area (Å²) >= 11 is 0. The van der Waals surface area contributed by atoms with Gasteiger partial charge in [0.25, 0.3) is 0 Å². The molecule has 1 aliphatic heterocycles. The van der Waals surface area contributed by atoms with Crippen LogP contribution in [0.15, 0.2) is 18.2 Å². The van der Waals surface area contributed by atoms with Crippen molar-refractivity contribution in [2.24, 2.45) is 5.73 Å². The average Bonchev–Trinajstić information content (AvgIpc) is 2.33. The molecule has 3 nitrogen and oxygen atoms in total. The number of aryl methyl sites for hydroxylation is 2. The molecule has 1 aromatic carbocycles. The van der Waals surface area contributed by atoms with E-state index in [0.29, 0.717) is 26.1 Å². The van der Waals surface area contributed by atoms with Crippen molar-refractivity contribution in [3.05, 3.63) is 34.9 Å². The lowest BCUT2D eigenvalue weighted by Gasteiger charge is -2.31. The van der Waals surface area contributed by atoms with E-state index in [2.05, 4.69) is 0 Å². The zero-order valence-corrected chi connectivity index (χ0v) is 10.5.